The molecule has 16 heteroatoms. The zero-order valence-corrected chi connectivity index (χ0v) is 20.4. The average Bonchev–Trinajstić information content (AvgIpc) is 3.67. The normalized spacial score (nSPS) is 11.1. The molecular formula is C23H17ClN10O5. The van der Waals surface area contributed by atoms with Crippen LogP contribution in [0.3, 0.4) is 0 Å². The first-order chi connectivity index (χ1) is 18.9. The molecule has 39 heavy (non-hydrogen) atoms. The van der Waals surface area contributed by atoms with E-state index in [9.17, 15) is 14.9 Å². The van der Waals surface area contributed by atoms with Crippen LogP contribution in [0.25, 0.3) is 17.1 Å². The summed E-state index contributed by atoms with van der Waals surface area (Å²) in [6.45, 7) is 0.121. The van der Waals surface area contributed by atoms with Gasteiger partial charge in [-0.25, -0.2) is 10.1 Å². The molecule has 0 saturated heterocycles. The molecule has 3 heterocycles. The second-order valence-electron chi connectivity index (χ2n) is 7.81. The van der Waals surface area contributed by atoms with E-state index in [1.807, 2.05) is 30.3 Å². The summed E-state index contributed by atoms with van der Waals surface area (Å²) in [4.78, 5) is 23.8. The van der Waals surface area contributed by atoms with Crippen molar-refractivity contribution >= 4 is 40.9 Å². The maximum absolute atomic E-state index is 12.9. The third kappa shape index (κ3) is 5.42. The molecule has 0 bridgehead atoms. The van der Waals surface area contributed by atoms with Crippen molar-refractivity contribution in [2.24, 2.45) is 5.10 Å². The van der Waals surface area contributed by atoms with Crippen molar-refractivity contribution < 1.29 is 18.8 Å². The Bertz CT molecular complexity index is 1680. The summed E-state index contributed by atoms with van der Waals surface area (Å²) in [7, 11) is 0. The molecule has 0 spiro atoms. The minimum Gasteiger partial charge on any atom is -0.455 e. The first kappa shape index (κ1) is 25.1. The Morgan fingerprint density at radius 1 is 1.18 bits per heavy atom. The van der Waals surface area contributed by atoms with E-state index < -0.39 is 10.8 Å². The first-order valence-electron chi connectivity index (χ1n) is 11.1. The van der Waals surface area contributed by atoms with Crippen LogP contribution in [-0.2, 0) is 6.54 Å². The number of carbonyl (C=O) groups excluding carboxylic acids is 1. The number of carbonyl (C=O) groups is 1. The van der Waals surface area contributed by atoms with Crippen LogP contribution < -0.4 is 16.5 Å². The fourth-order valence-electron chi connectivity index (χ4n) is 3.53. The summed E-state index contributed by atoms with van der Waals surface area (Å²) in [5.74, 6) is -0.245. The number of hydrogen-bond acceptors (Lipinski definition) is 12. The van der Waals surface area contributed by atoms with Crippen LogP contribution in [0.1, 0.15) is 21.9 Å². The number of nitro benzene ring substituents is 1. The van der Waals surface area contributed by atoms with Gasteiger partial charge in [-0.15, -0.1) is 5.10 Å². The van der Waals surface area contributed by atoms with Gasteiger partial charge in [0.05, 0.1) is 28.9 Å². The lowest BCUT2D eigenvalue weighted by Gasteiger charge is -2.08. The van der Waals surface area contributed by atoms with E-state index in [4.69, 9.17) is 21.8 Å². The summed E-state index contributed by atoms with van der Waals surface area (Å²) < 4.78 is 11.5. The molecule has 0 unspecified atom stereocenters. The lowest BCUT2D eigenvalue weighted by Crippen LogP contribution is -2.21. The number of hydrazone groups is 1. The van der Waals surface area contributed by atoms with Crippen LogP contribution >= 0.6 is 11.6 Å². The smallest absolute Gasteiger partial charge is 0.293 e. The summed E-state index contributed by atoms with van der Waals surface area (Å²) in [6, 6.07) is 16.4. The number of furan rings is 1. The molecule has 0 aliphatic heterocycles. The second kappa shape index (κ2) is 10.8. The second-order valence-corrected chi connectivity index (χ2v) is 8.25. The molecule has 0 saturated carbocycles. The van der Waals surface area contributed by atoms with Gasteiger partial charge in [-0.05, 0) is 46.7 Å². The standard InChI is InChI=1S/C23H17ClN10O5/c24-13-6-8-17(34(36)37)16(10-13)19-9-7-15(38-19)11-27-29-23(35)20-18(12-26-14-4-2-1-3-5-14)33(32-28-20)22-21(25)30-39-31-22/h1-11,26H,12H2,(H2,25,30)(H,29,35)/b27-11+. The molecule has 0 aliphatic carbocycles. The Morgan fingerprint density at radius 3 is 2.74 bits per heavy atom. The van der Waals surface area contributed by atoms with E-state index >= 15 is 0 Å². The zero-order valence-electron chi connectivity index (χ0n) is 19.7. The number of aromatic nitrogens is 5. The molecular weight excluding hydrogens is 532 g/mol. The van der Waals surface area contributed by atoms with E-state index in [1.54, 1.807) is 0 Å². The fourth-order valence-corrected chi connectivity index (χ4v) is 3.70. The maximum atomic E-state index is 12.9. The van der Waals surface area contributed by atoms with E-state index in [0.29, 0.717) is 10.7 Å². The number of benzene rings is 2. The van der Waals surface area contributed by atoms with E-state index in [2.05, 4.69) is 41.1 Å². The van der Waals surface area contributed by atoms with Crippen LogP contribution in [0, 0.1) is 10.1 Å². The predicted molar refractivity (Wildman–Crippen MR) is 138 cm³/mol. The molecule has 5 aromatic rings. The van der Waals surface area contributed by atoms with Gasteiger partial charge in [0.1, 0.15) is 11.5 Å². The number of nitrogens with zero attached hydrogens (tertiary/aromatic N) is 7. The molecule has 1 amide bonds. The van der Waals surface area contributed by atoms with Gasteiger partial charge >= 0.3 is 0 Å². The minimum atomic E-state index is -0.686. The van der Waals surface area contributed by atoms with Crippen LogP contribution in [0.2, 0.25) is 5.02 Å². The molecule has 0 aliphatic rings. The average molecular weight is 549 g/mol. The molecule has 15 nitrogen and oxygen atoms in total. The number of nitrogens with two attached hydrogens (primary N) is 1. The number of amides is 1. The van der Waals surface area contributed by atoms with Gasteiger partial charge in [-0.2, -0.15) is 9.78 Å². The first-order valence-corrected chi connectivity index (χ1v) is 11.5. The van der Waals surface area contributed by atoms with Gasteiger partial charge in [0, 0.05) is 16.8 Å². The lowest BCUT2D eigenvalue weighted by atomic mass is 10.1. The molecule has 5 rings (SSSR count). The number of nitrogen functional groups attached to an aromatic ring is 1. The third-order valence-corrected chi connectivity index (χ3v) is 5.55. The van der Waals surface area contributed by atoms with Gasteiger partial charge in [0.15, 0.2) is 5.69 Å². The molecule has 196 valence electrons. The monoisotopic (exact) mass is 548 g/mol. The van der Waals surface area contributed by atoms with Crippen molar-refractivity contribution in [3.63, 3.8) is 0 Å². The van der Waals surface area contributed by atoms with Gasteiger partial charge in [-0.3, -0.25) is 14.9 Å². The van der Waals surface area contributed by atoms with Crippen molar-refractivity contribution in [3.8, 4) is 17.1 Å². The van der Waals surface area contributed by atoms with Crippen molar-refractivity contribution in [1.82, 2.24) is 30.7 Å². The Morgan fingerprint density at radius 2 is 2.00 bits per heavy atom. The number of anilines is 2. The quantitative estimate of drug-likeness (QED) is 0.138. The van der Waals surface area contributed by atoms with Gasteiger partial charge in [-0.1, -0.05) is 35.0 Å². The number of hydrogen-bond donors (Lipinski definition) is 3. The van der Waals surface area contributed by atoms with Gasteiger partial charge in [0.2, 0.25) is 11.6 Å². The summed E-state index contributed by atoms with van der Waals surface area (Å²) in [6.07, 6.45) is 1.23. The Kier molecular flexibility index (Phi) is 6.96. The van der Waals surface area contributed by atoms with Crippen molar-refractivity contribution in [1.29, 1.82) is 0 Å². The number of para-hydroxylation sites is 1. The maximum Gasteiger partial charge on any atom is 0.293 e. The summed E-state index contributed by atoms with van der Waals surface area (Å²) >= 11 is 5.99. The number of rotatable bonds is 9. The van der Waals surface area contributed by atoms with Gasteiger partial charge in [0.25, 0.3) is 11.6 Å². The van der Waals surface area contributed by atoms with Crippen LogP contribution in [-0.4, -0.2) is 42.4 Å². The molecule has 2 aromatic carbocycles. The summed E-state index contributed by atoms with van der Waals surface area (Å²) in [5.41, 5.74) is 9.21. The fraction of sp³-hybridized carbons (Fsp3) is 0.0435. The van der Waals surface area contributed by atoms with E-state index in [-0.39, 0.29) is 46.6 Å². The van der Waals surface area contributed by atoms with Crippen molar-refractivity contribution in [2.75, 3.05) is 11.1 Å². The van der Waals surface area contributed by atoms with Crippen LogP contribution in [0.5, 0.6) is 0 Å². The summed E-state index contributed by atoms with van der Waals surface area (Å²) in [5, 5.41) is 33.9. The SMILES string of the molecule is Nc1nonc1-n1nnc(C(=O)N/N=C/c2ccc(-c3cc(Cl)ccc3[N+](=O)[O-])o2)c1CNc1ccccc1. The predicted octanol–water partition coefficient (Wildman–Crippen LogP) is 3.43. The highest BCUT2D eigenvalue weighted by Crippen LogP contribution is 2.33. The van der Waals surface area contributed by atoms with E-state index in [1.165, 1.54) is 41.2 Å². The highest BCUT2D eigenvalue weighted by atomic mass is 35.5. The van der Waals surface area contributed by atoms with Crippen LogP contribution in [0.4, 0.5) is 17.2 Å². The molecule has 0 radical (unpaired) electrons. The zero-order chi connectivity index (χ0) is 27.4. The van der Waals surface area contributed by atoms with Gasteiger partial charge < -0.3 is 15.5 Å². The van der Waals surface area contributed by atoms with Crippen LogP contribution in [0.15, 0.2) is 74.8 Å². The van der Waals surface area contributed by atoms with E-state index in [0.717, 1.165) is 5.69 Å². The minimum absolute atomic E-state index is 0.0422. The van der Waals surface area contributed by atoms with Crippen molar-refractivity contribution in [3.05, 3.63) is 92.9 Å². The Labute approximate surface area is 223 Å². The number of nitrogens with one attached hydrogen (secondary N) is 2. The third-order valence-electron chi connectivity index (χ3n) is 5.31. The highest BCUT2D eigenvalue weighted by molar-refractivity contribution is 6.31. The molecule has 4 N–H and O–H groups in total. The molecule has 0 fully saturated rings. The molecule has 3 aromatic heterocycles. The Balaban J connectivity index is 1.35. The number of halogens is 1. The topological polar surface area (TPSA) is 205 Å². The number of nitro groups is 1. The highest BCUT2D eigenvalue weighted by Gasteiger charge is 2.24. The lowest BCUT2D eigenvalue weighted by molar-refractivity contribution is -0.384. The molecule has 0 atom stereocenters. The van der Waals surface area contributed by atoms with Crippen molar-refractivity contribution in [2.45, 2.75) is 6.54 Å². The Hall–Kier alpha value is -5.57. The largest absolute Gasteiger partial charge is 0.455 e.